The van der Waals surface area contributed by atoms with Gasteiger partial charge in [-0.05, 0) is 42.5 Å². The molecule has 0 spiro atoms. The Morgan fingerprint density at radius 1 is 1.12 bits per heavy atom. The molecular weight excluding hydrogens is 420 g/mol. The maximum Gasteiger partial charge on any atom is 0.257 e. The third-order valence-electron chi connectivity index (χ3n) is 7.07. The lowest BCUT2D eigenvalue weighted by Gasteiger charge is -2.55. The third-order valence-corrected chi connectivity index (χ3v) is 7.07. The van der Waals surface area contributed by atoms with Crippen molar-refractivity contribution in [1.29, 1.82) is 0 Å². The molecule has 0 aliphatic carbocycles. The predicted molar refractivity (Wildman–Crippen MR) is 123 cm³/mol. The van der Waals surface area contributed by atoms with Crippen molar-refractivity contribution in [2.75, 3.05) is 14.2 Å². The van der Waals surface area contributed by atoms with E-state index in [2.05, 4.69) is 6.58 Å². The van der Waals surface area contributed by atoms with Crippen LogP contribution in [0.1, 0.15) is 47.3 Å². The Morgan fingerprint density at radius 3 is 2.45 bits per heavy atom. The number of benzene rings is 2. The predicted octanol–water partition coefficient (Wildman–Crippen LogP) is 3.16. The lowest BCUT2D eigenvalue weighted by Crippen LogP contribution is -2.71. The Morgan fingerprint density at radius 2 is 1.79 bits per heavy atom. The maximum atomic E-state index is 13.9. The highest BCUT2D eigenvalue weighted by molar-refractivity contribution is 6.05. The first-order chi connectivity index (χ1) is 15.7. The summed E-state index contributed by atoms with van der Waals surface area (Å²) >= 11 is 0. The van der Waals surface area contributed by atoms with Gasteiger partial charge in [-0.1, -0.05) is 38.6 Å². The smallest absolute Gasteiger partial charge is 0.257 e. The number of fused-ring (bicyclic) bond motifs is 6. The SMILES string of the molecule is C=C1c2cc(OC)c(OC)cc2C[C@H]2N1C(=O)[C@H](CC(C)C)N1C(=O)c3ccccc3[C@@]21O. The number of carbonyl (C=O) groups excluding carboxylic acids is 2. The van der Waals surface area contributed by atoms with Crippen molar-refractivity contribution in [3.05, 3.63) is 65.2 Å². The van der Waals surface area contributed by atoms with E-state index in [9.17, 15) is 14.7 Å². The number of nitrogens with zero attached hydrogens (tertiary/aromatic N) is 2. The van der Waals surface area contributed by atoms with Gasteiger partial charge in [-0.15, -0.1) is 0 Å². The van der Waals surface area contributed by atoms with Gasteiger partial charge in [0, 0.05) is 22.4 Å². The van der Waals surface area contributed by atoms with Gasteiger partial charge in [-0.3, -0.25) is 14.5 Å². The minimum Gasteiger partial charge on any atom is -0.493 e. The van der Waals surface area contributed by atoms with E-state index in [-0.39, 0.29) is 17.7 Å². The Labute approximate surface area is 193 Å². The van der Waals surface area contributed by atoms with Gasteiger partial charge in [-0.2, -0.15) is 0 Å². The van der Waals surface area contributed by atoms with E-state index >= 15 is 0 Å². The van der Waals surface area contributed by atoms with Crippen molar-refractivity contribution < 1.29 is 24.2 Å². The molecule has 7 heteroatoms. The fourth-order valence-electron chi connectivity index (χ4n) is 5.63. The normalized spacial score (nSPS) is 25.6. The van der Waals surface area contributed by atoms with Gasteiger partial charge < -0.3 is 19.5 Å². The highest BCUT2D eigenvalue weighted by Gasteiger charge is 2.64. The topological polar surface area (TPSA) is 79.3 Å². The molecule has 0 aromatic heterocycles. The Balaban J connectivity index is 1.73. The quantitative estimate of drug-likeness (QED) is 0.777. The van der Waals surface area contributed by atoms with Crippen LogP contribution in [0, 0.1) is 5.92 Å². The van der Waals surface area contributed by atoms with E-state index in [1.165, 1.54) is 4.90 Å². The van der Waals surface area contributed by atoms with Crippen LogP contribution in [-0.4, -0.2) is 53.0 Å². The van der Waals surface area contributed by atoms with Gasteiger partial charge >= 0.3 is 0 Å². The first-order valence-electron chi connectivity index (χ1n) is 11.2. The van der Waals surface area contributed by atoms with Crippen LogP contribution < -0.4 is 9.47 Å². The molecule has 5 rings (SSSR count). The first kappa shape index (κ1) is 21.5. The Bertz CT molecular complexity index is 1190. The number of piperazine rings is 1. The van der Waals surface area contributed by atoms with Gasteiger partial charge in [-0.25, -0.2) is 0 Å². The summed E-state index contributed by atoms with van der Waals surface area (Å²) in [6.07, 6.45) is 0.777. The van der Waals surface area contributed by atoms with E-state index in [1.54, 1.807) is 37.3 Å². The van der Waals surface area contributed by atoms with Crippen LogP contribution in [0.3, 0.4) is 0 Å². The van der Waals surface area contributed by atoms with Gasteiger partial charge in [0.15, 0.2) is 17.2 Å². The van der Waals surface area contributed by atoms with Crippen molar-refractivity contribution in [3.8, 4) is 11.5 Å². The molecule has 3 aliphatic rings. The number of carbonyl (C=O) groups is 2. The summed E-state index contributed by atoms with van der Waals surface area (Å²) < 4.78 is 10.9. The van der Waals surface area contributed by atoms with Crippen molar-refractivity contribution in [2.24, 2.45) is 5.92 Å². The summed E-state index contributed by atoms with van der Waals surface area (Å²) in [6, 6.07) is 9.27. The summed E-state index contributed by atoms with van der Waals surface area (Å²) in [5.41, 5.74) is 1.45. The van der Waals surface area contributed by atoms with Crippen LogP contribution in [0.25, 0.3) is 5.70 Å². The van der Waals surface area contributed by atoms with Crippen LogP contribution in [0.5, 0.6) is 11.5 Å². The lowest BCUT2D eigenvalue weighted by atomic mass is 9.79. The second-order valence-electron chi connectivity index (χ2n) is 9.33. The highest BCUT2D eigenvalue weighted by Crippen LogP contribution is 2.52. The van der Waals surface area contributed by atoms with E-state index in [4.69, 9.17) is 9.47 Å². The molecule has 2 aromatic carbocycles. The van der Waals surface area contributed by atoms with Crippen LogP contribution in [-0.2, 0) is 16.9 Å². The van der Waals surface area contributed by atoms with Crippen molar-refractivity contribution in [3.63, 3.8) is 0 Å². The summed E-state index contributed by atoms with van der Waals surface area (Å²) in [7, 11) is 3.13. The molecule has 3 heterocycles. The van der Waals surface area contributed by atoms with Crippen molar-refractivity contribution in [2.45, 2.75) is 44.5 Å². The number of methoxy groups -OCH3 is 2. The number of rotatable bonds is 4. The van der Waals surface area contributed by atoms with Crippen LogP contribution in [0.2, 0.25) is 0 Å². The van der Waals surface area contributed by atoms with E-state index in [0.717, 1.165) is 11.1 Å². The molecule has 0 saturated carbocycles. The molecule has 3 atom stereocenters. The van der Waals surface area contributed by atoms with Gasteiger partial charge in [0.25, 0.3) is 5.91 Å². The van der Waals surface area contributed by atoms with Crippen molar-refractivity contribution >= 4 is 17.5 Å². The summed E-state index contributed by atoms with van der Waals surface area (Å²) in [4.78, 5) is 30.4. The molecule has 172 valence electrons. The van der Waals surface area contributed by atoms with Crippen molar-refractivity contribution in [1.82, 2.24) is 9.80 Å². The molecule has 7 nitrogen and oxygen atoms in total. The highest BCUT2D eigenvalue weighted by atomic mass is 16.5. The second-order valence-corrected chi connectivity index (χ2v) is 9.33. The molecule has 1 fully saturated rings. The largest absolute Gasteiger partial charge is 0.493 e. The monoisotopic (exact) mass is 448 g/mol. The van der Waals surface area contributed by atoms with Crippen LogP contribution in [0.15, 0.2) is 43.0 Å². The zero-order chi connectivity index (χ0) is 23.7. The van der Waals surface area contributed by atoms with Gasteiger partial charge in [0.05, 0.1) is 20.3 Å². The minimum atomic E-state index is -1.66. The third kappa shape index (κ3) is 2.78. The summed E-state index contributed by atoms with van der Waals surface area (Å²) in [6.45, 7) is 8.26. The molecule has 33 heavy (non-hydrogen) atoms. The van der Waals surface area contributed by atoms with E-state index < -0.39 is 17.8 Å². The van der Waals surface area contributed by atoms with Crippen LogP contribution >= 0.6 is 0 Å². The number of amides is 2. The fraction of sp³-hybridized carbons (Fsp3) is 0.385. The molecule has 2 aromatic rings. The number of hydrogen-bond acceptors (Lipinski definition) is 5. The molecule has 1 saturated heterocycles. The van der Waals surface area contributed by atoms with Crippen LogP contribution in [0.4, 0.5) is 0 Å². The Hall–Kier alpha value is -3.32. The summed E-state index contributed by atoms with van der Waals surface area (Å²) in [5, 5.41) is 12.3. The average Bonchev–Trinajstić information content (AvgIpc) is 3.03. The maximum absolute atomic E-state index is 13.9. The molecule has 0 bridgehead atoms. The van der Waals surface area contributed by atoms with Gasteiger partial charge in [0.1, 0.15) is 6.04 Å². The Kier molecular flexibility index (Phi) is 4.79. The molecule has 3 aliphatic heterocycles. The molecule has 1 N–H and O–H groups in total. The first-order valence-corrected chi connectivity index (χ1v) is 11.2. The molecular formula is C26H28N2O5. The second kappa shape index (κ2) is 7.35. The molecule has 0 unspecified atom stereocenters. The van der Waals surface area contributed by atoms with E-state index in [0.29, 0.717) is 41.2 Å². The average molecular weight is 449 g/mol. The molecule has 0 radical (unpaired) electrons. The minimum absolute atomic E-state index is 0.144. The number of ether oxygens (including phenoxy) is 2. The zero-order valence-corrected chi connectivity index (χ0v) is 19.3. The number of hydrogen-bond donors (Lipinski definition) is 1. The lowest BCUT2D eigenvalue weighted by molar-refractivity contribution is -0.192. The van der Waals surface area contributed by atoms with E-state index in [1.807, 2.05) is 32.0 Å². The summed E-state index contributed by atoms with van der Waals surface area (Å²) in [5.74, 6) is 0.719. The molecule has 2 amide bonds. The zero-order valence-electron chi connectivity index (χ0n) is 19.3. The standard InChI is InChI=1S/C26H28N2O5/c1-14(2)10-20-25(30)27-15(3)18-13-22(33-5)21(32-4)11-16(18)12-23(27)26(31)19-9-7-6-8-17(19)24(29)28(20)26/h6-9,11,13-14,20,23,31H,3,10,12H2,1-2,4-5H3/t20-,23+,26+/m0/s1. The fourth-order valence-corrected chi connectivity index (χ4v) is 5.63. The number of aliphatic hydroxyl groups is 1. The van der Waals surface area contributed by atoms with Gasteiger partial charge in [0.2, 0.25) is 5.91 Å².